The fraction of sp³-hybridized carbons (Fsp3) is 0.0833. The first-order valence-corrected chi connectivity index (χ1v) is 7.35. The third-order valence-corrected chi connectivity index (χ3v) is 5.24. The Kier molecular flexibility index (Phi) is 3.41. The number of nitrogens with zero attached hydrogens (tertiary/aromatic N) is 1. The first-order valence-electron chi connectivity index (χ1n) is 5.12. The average molecular weight is 328 g/mol. The van der Waals surface area contributed by atoms with Gasteiger partial charge >= 0.3 is 0 Å². The van der Waals surface area contributed by atoms with E-state index in [4.69, 9.17) is 0 Å². The smallest absolute Gasteiger partial charge is 0.268 e. The van der Waals surface area contributed by atoms with Gasteiger partial charge in [0.2, 0.25) is 0 Å². The lowest BCUT2D eigenvalue weighted by Crippen LogP contribution is -2.14. The van der Waals surface area contributed by atoms with Crippen LogP contribution in [0.1, 0.15) is 16.1 Å². The Balaban J connectivity index is 2.70. The van der Waals surface area contributed by atoms with Crippen molar-refractivity contribution in [1.29, 1.82) is 0 Å². The third kappa shape index (κ3) is 2.02. The molecule has 0 spiro atoms. The molecule has 1 aromatic carbocycles. The minimum absolute atomic E-state index is 0.182. The van der Waals surface area contributed by atoms with Gasteiger partial charge in [-0.3, -0.25) is 4.79 Å². The summed E-state index contributed by atoms with van der Waals surface area (Å²) in [4.78, 5) is 11.0. The largest absolute Gasteiger partial charge is 0.298 e. The van der Waals surface area contributed by atoms with Crippen molar-refractivity contribution in [3.05, 3.63) is 52.3 Å². The zero-order valence-electron chi connectivity index (χ0n) is 9.50. The summed E-state index contributed by atoms with van der Waals surface area (Å²) in [5.74, 6) is 0. The van der Waals surface area contributed by atoms with Crippen molar-refractivity contribution < 1.29 is 13.2 Å². The van der Waals surface area contributed by atoms with Gasteiger partial charge in [0.15, 0.2) is 6.29 Å². The average Bonchev–Trinajstić information content (AvgIpc) is 2.65. The highest BCUT2D eigenvalue weighted by molar-refractivity contribution is 9.10. The van der Waals surface area contributed by atoms with Gasteiger partial charge in [-0.05, 0) is 41.1 Å². The number of carbonyl (C=O) groups is 1. The Labute approximate surface area is 113 Å². The lowest BCUT2D eigenvalue weighted by Gasteiger charge is -2.09. The number of aldehydes is 1. The second-order valence-electron chi connectivity index (χ2n) is 3.71. The Morgan fingerprint density at radius 2 is 1.83 bits per heavy atom. The predicted molar refractivity (Wildman–Crippen MR) is 71.3 cm³/mol. The van der Waals surface area contributed by atoms with Crippen molar-refractivity contribution >= 4 is 32.2 Å². The second-order valence-corrected chi connectivity index (χ2v) is 6.31. The maximum atomic E-state index is 12.4. The Morgan fingerprint density at radius 3 is 2.33 bits per heavy atom. The van der Waals surface area contributed by atoms with Crippen molar-refractivity contribution in [2.75, 3.05) is 0 Å². The number of hydrogen-bond donors (Lipinski definition) is 0. The van der Waals surface area contributed by atoms with Gasteiger partial charge in [0.1, 0.15) is 4.60 Å². The zero-order valence-corrected chi connectivity index (χ0v) is 11.9. The summed E-state index contributed by atoms with van der Waals surface area (Å²) >= 11 is 3.17. The lowest BCUT2D eigenvalue weighted by atomic mass is 10.3. The standard InChI is InChI=1S/C12H10BrNO3S/c1-9-10(8-15)7-12(13)14(9)18(16,17)11-5-3-2-4-6-11/h2-8H,1H3. The van der Waals surface area contributed by atoms with Crippen LogP contribution in [-0.2, 0) is 10.0 Å². The van der Waals surface area contributed by atoms with Crippen LogP contribution in [0.15, 0.2) is 45.9 Å². The molecule has 0 saturated carbocycles. The molecule has 0 fully saturated rings. The number of rotatable bonds is 3. The number of carbonyl (C=O) groups excluding carboxylic acids is 1. The van der Waals surface area contributed by atoms with Crippen molar-refractivity contribution in [3.8, 4) is 0 Å². The van der Waals surface area contributed by atoms with E-state index in [1.807, 2.05) is 0 Å². The summed E-state index contributed by atoms with van der Waals surface area (Å²) in [6.07, 6.45) is 0.636. The van der Waals surface area contributed by atoms with Gasteiger partial charge in [-0.2, -0.15) is 0 Å². The highest BCUT2D eigenvalue weighted by Crippen LogP contribution is 2.25. The van der Waals surface area contributed by atoms with Crippen LogP contribution in [0, 0.1) is 6.92 Å². The van der Waals surface area contributed by atoms with E-state index in [2.05, 4.69) is 15.9 Å². The molecule has 0 atom stereocenters. The predicted octanol–water partition coefficient (Wildman–Crippen LogP) is 2.61. The molecule has 2 aromatic rings. The molecule has 2 rings (SSSR count). The van der Waals surface area contributed by atoms with Crippen LogP contribution in [0.25, 0.3) is 0 Å². The number of halogens is 1. The topological polar surface area (TPSA) is 56.1 Å². The van der Waals surface area contributed by atoms with Crippen molar-refractivity contribution in [1.82, 2.24) is 3.97 Å². The number of hydrogen-bond acceptors (Lipinski definition) is 3. The molecule has 0 radical (unpaired) electrons. The minimum Gasteiger partial charge on any atom is -0.298 e. The molecular weight excluding hydrogens is 318 g/mol. The number of aromatic nitrogens is 1. The Hall–Kier alpha value is -1.40. The molecule has 0 unspecified atom stereocenters. The van der Waals surface area contributed by atoms with Gasteiger partial charge in [0, 0.05) is 11.3 Å². The maximum absolute atomic E-state index is 12.4. The molecule has 94 valence electrons. The van der Waals surface area contributed by atoms with E-state index in [0.29, 0.717) is 22.1 Å². The number of benzene rings is 1. The zero-order chi connectivity index (χ0) is 13.3. The molecule has 6 heteroatoms. The van der Waals surface area contributed by atoms with Gasteiger partial charge in [-0.25, -0.2) is 12.4 Å². The quantitative estimate of drug-likeness (QED) is 0.814. The van der Waals surface area contributed by atoms with E-state index in [9.17, 15) is 13.2 Å². The van der Waals surface area contributed by atoms with Gasteiger partial charge in [0.25, 0.3) is 10.0 Å². The normalized spacial score (nSPS) is 11.4. The SMILES string of the molecule is Cc1c(C=O)cc(Br)n1S(=O)(=O)c1ccccc1. The first kappa shape index (κ1) is 13.0. The molecular formula is C12H10BrNO3S. The van der Waals surface area contributed by atoms with E-state index in [-0.39, 0.29) is 4.90 Å². The van der Waals surface area contributed by atoms with Crippen molar-refractivity contribution in [2.45, 2.75) is 11.8 Å². The highest BCUT2D eigenvalue weighted by atomic mass is 79.9. The molecule has 0 aliphatic heterocycles. The molecule has 4 nitrogen and oxygen atoms in total. The van der Waals surface area contributed by atoms with Gasteiger partial charge in [-0.15, -0.1) is 0 Å². The van der Waals surface area contributed by atoms with Crippen molar-refractivity contribution in [3.63, 3.8) is 0 Å². The molecule has 0 aliphatic carbocycles. The second kappa shape index (κ2) is 4.70. The Bertz CT molecular complexity index is 690. The lowest BCUT2D eigenvalue weighted by molar-refractivity contribution is 0.112. The van der Waals surface area contributed by atoms with Crippen molar-refractivity contribution in [2.24, 2.45) is 0 Å². The summed E-state index contributed by atoms with van der Waals surface area (Å²) in [7, 11) is -3.68. The van der Waals surface area contributed by atoms with Crippen LogP contribution >= 0.6 is 15.9 Å². The van der Waals surface area contributed by atoms with Gasteiger partial charge < -0.3 is 0 Å². The van der Waals surface area contributed by atoms with Crippen LogP contribution in [0.5, 0.6) is 0 Å². The summed E-state index contributed by atoms with van der Waals surface area (Å²) in [5.41, 5.74) is 0.738. The molecule has 0 amide bonds. The van der Waals surface area contributed by atoms with Crippen LogP contribution in [0.3, 0.4) is 0 Å². The van der Waals surface area contributed by atoms with E-state index in [1.165, 1.54) is 18.2 Å². The third-order valence-electron chi connectivity index (χ3n) is 2.60. The van der Waals surface area contributed by atoms with Crippen LogP contribution < -0.4 is 0 Å². The first-order chi connectivity index (χ1) is 8.48. The van der Waals surface area contributed by atoms with Crippen LogP contribution in [-0.4, -0.2) is 18.7 Å². The molecule has 0 bridgehead atoms. The molecule has 0 N–H and O–H groups in total. The van der Waals surface area contributed by atoms with E-state index in [0.717, 1.165) is 3.97 Å². The minimum atomic E-state index is -3.68. The Morgan fingerprint density at radius 1 is 1.22 bits per heavy atom. The van der Waals surface area contributed by atoms with E-state index >= 15 is 0 Å². The summed E-state index contributed by atoms with van der Waals surface area (Å²) in [6, 6.07) is 9.57. The van der Waals surface area contributed by atoms with Gasteiger partial charge in [-0.1, -0.05) is 18.2 Å². The summed E-state index contributed by atoms with van der Waals surface area (Å²) in [6.45, 7) is 1.59. The van der Waals surface area contributed by atoms with E-state index in [1.54, 1.807) is 25.1 Å². The maximum Gasteiger partial charge on any atom is 0.268 e. The highest BCUT2D eigenvalue weighted by Gasteiger charge is 2.22. The molecule has 18 heavy (non-hydrogen) atoms. The molecule has 1 heterocycles. The van der Waals surface area contributed by atoms with Crippen LogP contribution in [0.2, 0.25) is 0 Å². The summed E-state index contributed by atoms with van der Waals surface area (Å²) < 4.78 is 26.3. The van der Waals surface area contributed by atoms with E-state index < -0.39 is 10.0 Å². The molecule has 0 saturated heterocycles. The van der Waals surface area contributed by atoms with Gasteiger partial charge in [0.05, 0.1) is 4.90 Å². The summed E-state index contributed by atoms with van der Waals surface area (Å²) in [5, 5.41) is 0. The fourth-order valence-corrected chi connectivity index (χ4v) is 4.23. The monoisotopic (exact) mass is 327 g/mol. The fourth-order valence-electron chi connectivity index (χ4n) is 1.68. The molecule has 0 aliphatic rings. The molecule has 1 aromatic heterocycles. The van der Waals surface area contributed by atoms with Crippen LogP contribution in [0.4, 0.5) is 0 Å².